The van der Waals surface area contributed by atoms with Crippen molar-refractivity contribution in [2.45, 2.75) is 13.1 Å². The summed E-state index contributed by atoms with van der Waals surface area (Å²) in [6.07, 6.45) is -4.69. The first-order chi connectivity index (χ1) is 18.0. The number of nitrogens with one attached hydrogen (secondary N) is 2. The molecule has 0 fully saturated rings. The number of fused-ring (bicyclic) bond motifs is 1. The van der Waals surface area contributed by atoms with E-state index in [1.165, 1.54) is 43.6 Å². The zero-order chi connectivity index (χ0) is 27.6. The largest absolute Gasteiger partial charge is 0.496 e. The van der Waals surface area contributed by atoms with E-state index in [4.69, 9.17) is 21.1 Å². The number of benzene rings is 1. The van der Waals surface area contributed by atoms with Crippen LogP contribution >= 0.6 is 34.3 Å². The van der Waals surface area contributed by atoms with Gasteiger partial charge in [-0.05, 0) is 48.2 Å². The number of thiophene rings is 2. The fourth-order valence-electron chi connectivity index (χ4n) is 3.50. The summed E-state index contributed by atoms with van der Waals surface area (Å²) in [6.45, 7) is 0.551. The molecule has 2 amide bonds. The standard InChI is InChI=1S/C24H17ClF3N3O5S2/c1-11-19-14(24(26,27)28)9-15(17-4-3-7-37-17)29-22(19)38-20(11)23(34)36-10-18(32)30-31-21(33)13-8-12(25)5-6-16(13)35-2/h3-9H,10H2,1-2H3,(H,30,32)(H,31,33). The Balaban J connectivity index is 1.48. The number of esters is 1. The Morgan fingerprint density at radius 1 is 1.13 bits per heavy atom. The van der Waals surface area contributed by atoms with Gasteiger partial charge in [0.05, 0.1) is 28.8 Å². The van der Waals surface area contributed by atoms with E-state index in [1.807, 2.05) is 0 Å². The number of aryl methyl sites for hydroxylation is 1. The Morgan fingerprint density at radius 3 is 2.55 bits per heavy atom. The van der Waals surface area contributed by atoms with E-state index in [0.717, 1.165) is 17.4 Å². The summed E-state index contributed by atoms with van der Waals surface area (Å²) in [7, 11) is 1.35. The van der Waals surface area contributed by atoms with Crippen molar-refractivity contribution >= 4 is 62.3 Å². The molecule has 0 spiro atoms. The van der Waals surface area contributed by atoms with E-state index in [-0.39, 0.29) is 42.7 Å². The predicted octanol–water partition coefficient (Wildman–Crippen LogP) is 5.63. The Hall–Kier alpha value is -3.68. The molecule has 38 heavy (non-hydrogen) atoms. The SMILES string of the molecule is COc1ccc(Cl)cc1C(=O)NNC(=O)COC(=O)c1sc2nc(-c3cccs3)cc(C(F)(F)F)c2c1C. The van der Waals surface area contributed by atoms with Gasteiger partial charge in [-0.1, -0.05) is 17.7 Å². The molecular formula is C24H17ClF3N3O5S2. The molecule has 3 heterocycles. The zero-order valence-corrected chi connectivity index (χ0v) is 22.0. The molecule has 8 nitrogen and oxygen atoms in total. The number of halogens is 4. The molecule has 2 N–H and O–H groups in total. The Labute approximate surface area is 226 Å². The van der Waals surface area contributed by atoms with Crippen molar-refractivity contribution in [2.24, 2.45) is 0 Å². The average molecular weight is 584 g/mol. The second-order valence-corrected chi connectivity index (χ2v) is 10.1. The quantitative estimate of drug-likeness (QED) is 0.225. The van der Waals surface area contributed by atoms with Gasteiger partial charge in [0, 0.05) is 10.4 Å². The molecule has 4 rings (SSSR count). The fraction of sp³-hybridized carbons (Fsp3) is 0.167. The van der Waals surface area contributed by atoms with Crippen molar-refractivity contribution < 1.29 is 37.0 Å². The van der Waals surface area contributed by atoms with Crippen LogP contribution in [0.5, 0.6) is 5.75 Å². The number of carbonyl (C=O) groups is 3. The molecule has 0 saturated carbocycles. The summed E-state index contributed by atoms with van der Waals surface area (Å²) < 4.78 is 51.7. The first-order valence-electron chi connectivity index (χ1n) is 10.6. The van der Waals surface area contributed by atoms with Gasteiger partial charge in [0.25, 0.3) is 11.8 Å². The number of carbonyl (C=O) groups excluding carboxylic acids is 3. The number of hydrogen-bond acceptors (Lipinski definition) is 8. The molecule has 0 aliphatic carbocycles. The molecular weight excluding hydrogens is 567 g/mol. The topological polar surface area (TPSA) is 107 Å². The third-order valence-corrected chi connectivity index (χ3v) is 7.51. The van der Waals surface area contributed by atoms with Crippen LogP contribution in [0.1, 0.15) is 31.2 Å². The summed E-state index contributed by atoms with van der Waals surface area (Å²) in [5.41, 5.74) is 3.52. The molecule has 0 unspecified atom stereocenters. The highest BCUT2D eigenvalue weighted by Gasteiger charge is 2.36. The van der Waals surface area contributed by atoms with Crippen LogP contribution in [0.4, 0.5) is 13.2 Å². The molecule has 1 aromatic carbocycles. The minimum atomic E-state index is -4.69. The third kappa shape index (κ3) is 5.74. The highest BCUT2D eigenvalue weighted by molar-refractivity contribution is 7.20. The number of amides is 2. The number of nitrogens with zero attached hydrogens (tertiary/aromatic N) is 1. The number of rotatable bonds is 6. The van der Waals surface area contributed by atoms with Crippen molar-refractivity contribution in [1.82, 2.24) is 15.8 Å². The molecule has 0 saturated heterocycles. The molecule has 3 aromatic heterocycles. The molecule has 0 aliphatic rings. The minimum Gasteiger partial charge on any atom is -0.496 e. The molecule has 0 bridgehead atoms. The van der Waals surface area contributed by atoms with E-state index >= 15 is 0 Å². The van der Waals surface area contributed by atoms with Crippen molar-refractivity contribution in [3.8, 4) is 16.3 Å². The summed E-state index contributed by atoms with van der Waals surface area (Å²) in [4.78, 5) is 41.9. The lowest BCUT2D eigenvalue weighted by molar-refractivity contribution is -0.136. The van der Waals surface area contributed by atoms with E-state index in [2.05, 4.69) is 15.8 Å². The van der Waals surface area contributed by atoms with Gasteiger partial charge in [0.2, 0.25) is 0 Å². The number of alkyl halides is 3. The fourth-order valence-corrected chi connectivity index (χ4v) is 5.46. The lowest BCUT2D eigenvalue weighted by Gasteiger charge is -2.11. The van der Waals surface area contributed by atoms with Crippen LogP contribution in [0.2, 0.25) is 5.02 Å². The van der Waals surface area contributed by atoms with Gasteiger partial charge in [0.1, 0.15) is 15.5 Å². The van der Waals surface area contributed by atoms with Crippen LogP contribution in [0.15, 0.2) is 41.8 Å². The average Bonchev–Trinajstić information content (AvgIpc) is 3.53. The number of hydrazine groups is 1. The molecule has 0 aliphatic heterocycles. The normalized spacial score (nSPS) is 11.3. The van der Waals surface area contributed by atoms with Gasteiger partial charge in [0.15, 0.2) is 6.61 Å². The van der Waals surface area contributed by atoms with Crippen LogP contribution in [0, 0.1) is 6.92 Å². The molecule has 14 heteroatoms. The summed E-state index contributed by atoms with van der Waals surface area (Å²) >= 11 is 7.86. The molecule has 4 aromatic rings. The molecule has 0 atom stereocenters. The van der Waals surface area contributed by atoms with Crippen LogP contribution in [0.25, 0.3) is 20.8 Å². The second-order valence-electron chi connectivity index (χ2n) is 7.69. The first kappa shape index (κ1) is 27.4. The Kier molecular flexibility index (Phi) is 7.90. The van der Waals surface area contributed by atoms with E-state index in [9.17, 15) is 27.6 Å². The van der Waals surface area contributed by atoms with Crippen molar-refractivity contribution in [2.75, 3.05) is 13.7 Å². The number of methoxy groups -OCH3 is 1. The Bertz CT molecular complexity index is 1540. The van der Waals surface area contributed by atoms with Crippen molar-refractivity contribution in [3.05, 3.63) is 68.4 Å². The van der Waals surface area contributed by atoms with E-state index in [0.29, 0.717) is 4.88 Å². The van der Waals surface area contributed by atoms with Gasteiger partial charge in [-0.15, -0.1) is 22.7 Å². The van der Waals surface area contributed by atoms with Crippen molar-refractivity contribution in [3.63, 3.8) is 0 Å². The van der Waals surface area contributed by atoms with E-state index < -0.39 is 36.1 Å². The van der Waals surface area contributed by atoms with Gasteiger partial charge >= 0.3 is 12.1 Å². The number of ether oxygens (including phenoxy) is 2. The smallest absolute Gasteiger partial charge is 0.417 e. The molecule has 0 radical (unpaired) electrons. The lowest BCUT2D eigenvalue weighted by Crippen LogP contribution is -2.43. The maximum absolute atomic E-state index is 13.9. The van der Waals surface area contributed by atoms with Crippen LogP contribution < -0.4 is 15.6 Å². The highest BCUT2D eigenvalue weighted by atomic mass is 35.5. The number of pyridine rings is 1. The summed E-state index contributed by atoms with van der Waals surface area (Å²) in [5.74, 6) is -2.42. The first-order valence-corrected chi connectivity index (χ1v) is 12.7. The maximum atomic E-state index is 13.9. The monoisotopic (exact) mass is 583 g/mol. The van der Waals surface area contributed by atoms with E-state index in [1.54, 1.807) is 17.5 Å². The van der Waals surface area contributed by atoms with Gasteiger partial charge in [-0.25, -0.2) is 9.78 Å². The van der Waals surface area contributed by atoms with Crippen molar-refractivity contribution in [1.29, 1.82) is 0 Å². The van der Waals surface area contributed by atoms with Crippen LogP contribution in [-0.2, 0) is 15.7 Å². The zero-order valence-electron chi connectivity index (χ0n) is 19.6. The predicted molar refractivity (Wildman–Crippen MR) is 137 cm³/mol. The Morgan fingerprint density at radius 2 is 1.89 bits per heavy atom. The van der Waals surface area contributed by atoms with Gasteiger partial charge in [-0.3, -0.25) is 20.4 Å². The number of aromatic nitrogens is 1. The second kappa shape index (κ2) is 11.0. The number of hydrogen-bond donors (Lipinski definition) is 2. The minimum absolute atomic E-state index is 0.0138. The molecule has 198 valence electrons. The summed E-state index contributed by atoms with van der Waals surface area (Å²) in [6, 6.07) is 8.61. The van der Waals surface area contributed by atoms with Gasteiger partial charge in [-0.2, -0.15) is 13.2 Å². The third-order valence-electron chi connectivity index (χ3n) is 5.22. The lowest BCUT2D eigenvalue weighted by atomic mass is 10.1. The van der Waals surface area contributed by atoms with Crippen LogP contribution in [0.3, 0.4) is 0 Å². The highest BCUT2D eigenvalue weighted by Crippen LogP contribution is 2.42. The summed E-state index contributed by atoms with van der Waals surface area (Å²) in [5, 5.41) is 1.78. The van der Waals surface area contributed by atoms with Gasteiger partial charge < -0.3 is 9.47 Å². The van der Waals surface area contributed by atoms with Crippen LogP contribution in [-0.4, -0.2) is 36.5 Å². The maximum Gasteiger partial charge on any atom is 0.417 e.